The average molecular weight is 470 g/mol. The summed E-state index contributed by atoms with van der Waals surface area (Å²) < 4.78 is 7.10. The first-order valence-corrected chi connectivity index (χ1v) is 10.2. The lowest BCUT2D eigenvalue weighted by Crippen LogP contribution is -2.34. The number of ether oxygens (including phenoxy) is 1. The Balaban J connectivity index is 0.00000306. The molecule has 9 nitrogen and oxygen atoms in total. The molecule has 0 aliphatic heterocycles. The predicted octanol–water partition coefficient (Wildman–Crippen LogP) is 4.57. The third-order valence-corrected chi connectivity index (χ3v) is 5.62. The van der Waals surface area contributed by atoms with Gasteiger partial charge in [-0.05, 0) is 31.0 Å². The molecule has 0 saturated carbocycles. The molecule has 0 spiro atoms. The van der Waals surface area contributed by atoms with E-state index in [-0.39, 0.29) is 12.4 Å². The second kappa shape index (κ2) is 9.83. The number of para-hydroxylation sites is 1. The van der Waals surface area contributed by atoms with Crippen molar-refractivity contribution in [3.8, 4) is 0 Å². The zero-order valence-electron chi connectivity index (χ0n) is 18.5. The van der Waals surface area contributed by atoms with Crippen LogP contribution in [0, 0.1) is 11.8 Å². The Bertz CT molecular complexity index is 1370. The Hall–Kier alpha value is -3.72. The summed E-state index contributed by atoms with van der Waals surface area (Å²) in [7, 11) is 2.67. The summed E-state index contributed by atoms with van der Waals surface area (Å²) in [6.45, 7) is 3.07. The van der Waals surface area contributed by atoms with Crippen LogP contribution in [0.2, 0.25) is 0 Å². The van der Waals surface area contributed by atoms with Crippen molar-refractivity contribution in [2.24, 2.45) is 5.29 Å². The van der Waals surface area contributed by atoms with E-state index in [2.05, 4.69) is 10.6 Å². The number of amides is 2. The molecule has 0 aliphatic rings. The average Bonchev–Trinajstić information content (AvgIpc) is 3.20. The topological polar surface area (TPSA) is 106 Å². The maximum absolute atomic E-state index is 12.7. The Morgan fingerprint density at radius 2 is 1.94 bits per heavy atom. The number of hydrogen-bond acceptors (Lipinski definition) is 6. The summed E-state index contributed by atoms with van der Waals surface area (Å²) >= 11 is 0. The van der Waals surface area contributed by atoms with Crippen molar-refractivity contribution in [1.82, 2.24) is 19.9 Å². The number of benzene rings is 2. The van der Waals surface area contributed by atoms with Gasteiger partial charge in [0.1, 0.15) is 0 Å². The van der Waals surface area contributed by atoms with Crippen LogP contribution in [0.1, 0.15) is 22.3 Å². The molecule has 0 radical (unpaired) electrons. The van der Waals surface area contributed by atoms with Crippen LogP contribution in [-0.4, -0.2) is 47.3 Å². The normalized spacial score (nSPS) is 10.8. The second-order valence-electron chi connectivity index (χ2n) is 7.54. The van der Waals surface area contributed by atoms with Crippen LogP contribution >= 0.6 is 12.4 Å². The summed E-state index contributed by atoms with van der Waals surface area (Å²) in [6, 6.07) is 9.19. The highest BCUT2D eigenvalue weighted by molar-refractivity contribution is 6.23. The predicted molar refractivity (Wildman–Crippen MR) is 130 cm³/mol. The van der Waals surface area contributed by atoms with E-state index < -0.39 is 12.0 Å². The number of urea groups is 1. The Morgan fingerprint density at radius 3 is 2.67 bits per heavy atom. The number of nitroso groups, excluding NO2 is 1. The van der Waals surface area contributed by atoms with Crippen LogP contribution in [-0.2, 0) is 11.3 Å². The first kappa shape index (κ1) is 23.9. The molecule has 0 unspecified atom stereocenters. The van der Waals surface area contributed by atoms with Crippen LogP contribution < -0.4 is 5.32 Å². The monoisotopic (exact) mass is 469 g/mol. The molecule has 2 amide bonds. The fraction of sp³-hybridized carbons (Fsp3) is 0.261. The molecule has 0 aliphatic carbocycles. The third kappa shape index (κ3) is 4.31. The van der Waals surface area contributed by atoms with Gasteiger partial charge in [0.2, 0.25) is 0 Å². The van der Waals surface area contributed by atoms with Crippen LogP contribution in [0.4, 0.5) is 4.79 Å². The Kier molecular flexibility index (Phi) is 7.13. The molecule has 4 rings (SSSR count). The number of fused-ring (bicyclic) bond motifs is 4. The molecule has 0 saturated heterocycles. The molecule has 33 heavy (non-hydrogen) atoms. The third-order valence-electron chi connectivity index (χ3n) is 5.62. The van der Waals surface area contributed by atoms with Crippen molar-refractivity contribution in [2.45, 2.75) is 19.9 Å². The molecule has 2 heterocycles. The molecule has 0 bridgehead atoms. The van der Waals surface area contributed by atoms with E-state index >= 15 is 0 Å². The zero-order valence-corrected chi connectivity index (χ0v) is 19.3. The van der Waals surface area contributed by atoms with Gasteiger partial charge in [-0.3, -0.25) is 0 Å². The van der Waals surface area contributed by atoms with E-state index in [9.17, 15) is 14.5 Å². The van der Waals surface area contributed by atoms with E-state index in [1.807, 2.05) is 54.2 Å². The van der Waals surface area contributed by atoms with E-state index in [1.165, 1.54) is 14.2 Å². The molecule has 4 aromatic rings. The lowest BCUT2D eigenvalue weighted by molar-refractivity contribution is 0.0605. The number of aryl methyl sites for hydroxylation is 2. The Morgan fingerprint density at radius 1 is 1.18 bits per heavy atom. The van der Waals surface area contributed by atoms with Crippen molar-refractivity contribution < 1.29 is 14.3 Å². The fourth-order valence-corrected chi connectivity index (χ4v) is 4.02. The number of aromatic nitrogens is 2. The summed E-state index contributed by atoms with van der Waals surface area (Å²) in [6.07, 6.45) is 4.55. The van der Waals surface area contributed by atoms with Gasteiger partial charge in [0.25, 0.3) is 0 Å². The molecule has 0 fully saturated rings. The number of esters is 1. The number of nitrogens with one attached hydrogen (secondary N) is 1. The minimum absolute atomic E-state index is 0. The highest BCUT2D eigenvalue weighted by Crippen LogP contribution is 2.37. The fourth-order valence-electron chi connectivity index (χ4n) is 4.02. The first-order chi connectivity index (χ1) is 15.5. The zero-order chi connectivity index (χ0) is 22.8. The molecule has 2 aromatic carbocycles. The van der Waals surface area contributed by atoms with Gasteiger partial charge in [-0.25, -0.2) is 14.6 Å². The lowest BCUT2D eigenvalue weighted by atomic mass is 9.96. The van der Waals surface area contributed by atoms with Crippen LogP contribution in [0.3, 0.4) is 0 Å². The van der Waals surface area contributed by atoms with Gasteiger partial charge in [0.05, 0.1) is 29.0 Å². The number of methoxy groups -OCH3 is 1. The second-order valence-corrected chi connectivity index (χ2v) is 7.54. The van der Waals surface area contributed by atoms with Gasteiger partial charge in [-0.2, -0.15) is 5.01 Å². The summed E-state index contributed by atoms with van der Waals surface area (Å²) in [5.41, 5.74) is 2.99. The number of carbonyl (C=O) groups is 2. The highest BCUT2D eigenvalue weighted by atomic mass is 35.5. The lowest BCUT2D eigenvalue weighted by Gasteiger charge is -2.14. The number of pyridine rings is 1. The number of halogens is 1. The van der Waals surface area contributed by atoms with Crippen LogP contribution in [0.15, 0.2) is 48.0 Å². The molecule has 1 N–H and O–H groups in total. The van der Waals surface area contributed by atoms with Crippen molar-refractivity contribution in [2.75, 3.05) is 20.7 Å². The number of rotatable bonds is 6. The minimum atomic E-state index is -0.542. The van der Waals surface area contributed by atoms with Crippen molar-refractivity contribution in [1.29, 1.82) is 0 Å². The van der Waals surface area contributed by atoms with Crippen LogP contribution in [0.25, 0.3) is 32.6 Å². The number of nitrogens with zero attached hydrogens (tertiary/aromatic N) is 4. The van der Waals surface area contributed by atoms with E-state index in [1.54, 1.807) is 0 Å². The summed E-state index contributed by atoms with van der Waals surface area (Å²) in [4.78, 5) is 39.4. The number of hydrogen-bond donors (Lipinski definition) is 1. The van der Waals surface area contributed by atoms with E-state index in [0.717, 1.165) is 32.6 Å². The van der Waals surface area contributed by atoms with Gasteiger partial charge in [0, 0.05) is 54.1 Å². The summed E-state index contributed by atoms with van der Waals surface area (Å²) in [5.74, 6) is -0.420. The van der Waals surface area contributed by atoms with E-state index in [0.29, 0.717) is 35.6 Å². The minimum Gasteiger partial charge on any atom is -0.465 e. The van der Waals surface area contributed by atoms with Crippen molar-refractivity contribution in [3.63, 3.8) is 0 Å². The number of carbonyl (C=O) groups excluding carboxylic acids is 2. The molecular formula is C23H24ClN5O4. The molecule has 2 aromatic heterocycles. The highest BCUT2D eigenvalue weighted by Gasteiger charge is 2.22. The van der Waals surface area contributed by atoms with Gasteiger partial charge in [-0.1, -0.05) is 18.2 Å². The maximum atomic E-state index is 12.7. The quantitative estimate of drug-likeness (QED) is 0.193. The molecule has 10 heteroatoms. The van der Waals surface area contributed by atoms with Crippen LogP contribution in [0.5, 0.6) is 0 Å². The summed E-state index contributed by atoms with van der Waals surface area (Å²) in [5, 5.41) is 9.58. The van der Waals surface area contributed by atoms with Crippen molar-refractivity contribution in [3.05, 3.63) is 58.8 Å². The standard InChI is InChI=1S/C23H23N5O4.ClH/c1-14-17-13-28(11-6-10-24-23(30)27(2)26-31)12-9-15(17)20(22(29)32-3)21-19(14)16-7-4-5-8-18(16)25-21;/h4-5,7-9,12-13H,6,10-11H2,1-3H3,(H,24,30);1H. The Labute approximate surface area is 196 Å². The maximum Gasteiger partial charge on any atom is 0.340 e. The van der Waals surface area contributed by atoms with E-state index in [4.69, 9.17) is 9.72 Å². The SMILES string of the molecule is COC(=O)c1c2ccn(CCCNC(=O)N(C)N=O)cc2c(C)c2c1nc1ccccc12.Cl. The van der Waals surface area contributed by atoms with Gasteiger partial charge >= 0.3 is 12.0 Å². The largest absolute Gasteiger partial charge is 0.465 e. The molecule has 172 valence electrons. The smallest absolute Gasteiger partial charge is 0.340 e. The first-order valence-electron chi connectivity index (χ1n) is 10.2. The van der Waals surface area contributed by atoms with Crippen molar-refractivity contribution >= 4 is 57.0 Å². The van der Waals surface area contributed by atoms with Gasteiger partial charge in [0.15, 0.2) is 0 Å². The van der Waals surface area contributed by atoms with Gasteiger partial charge in [-0.15, -0.1) is 17.3 Å². The molecule has 0 atom stereocenters. The van der Waals surface area contributed by atoms with Gasteiger partial charge < -0.3 is 14.6 Å². The molecular weight excluding hydrogens is 446 g/mol.